The largest absolute Gasteiger partial charge is 0.369 e. The topological polar surface area (TPSA) is 185 Å². The van der Waals surface area contributed by atoms with Crippen molar-refractivity contribution in [3.8, 4) is 0 Å². The number of rotatable bonds is 7. The molecule has 0 saturated carbocycles. The van der Waals surface area contributed by atoms with Gasteiger partial charge in [0.2, 0.25) is 0 Å². The lowest BCUT2D eigenvalue weighted by molar-refractivity contribution is 0.121. The van der Waals surface area contributed by atoms with Gasteiger partial charge in [-0.25, -0.2) is 0 Å². The Morgan fingerprint density at radius 3 is 1.94 bits per heavy atom. The summed E-state index contributed by atoms with van der Waals surface area (Å²) in [7, 11) is -10.8. The number of hydrogen-bond acceptors (Lipinski definition) is 5. The third kappa shape index (κ3) is 4.22. The summed E-state index contributed by atoms with van der Waals surface area (Å²) in [5.74, 6) is 0. The maximum Gasteiger partial charge on any atom is 0.369 e. The molecule has 0 aliphatic heterocycles. The smallest absolute Gasteiger partial charge is 0.368 e. The summed E-state index contributed by atoms with van der Waals surface area (Å²) >= 11 is 0. The van der Waals surface area contributed by atoms with E-state index in [-0.39, 0.29) is 18.6 Å². The van der Waals surface area contributed by atoms with Crippen LogP contribution in [0.3, 0.4) is 0 Å². The van der Waals surface area contributed by atoms with Gasteiger partial charge >= 0.3 is 15.2 Å². The van der Waals surface area contributed by atoms with Crippen LogP contribution in [0.15, 0.2) is 0 Å². The lowest BCUT2D eigenvalue weighted by Gasteiger charge is -2.29. The Morgan fingerprint density at radius 1 is 1.28 bits per heavy atom. The summed E-state index contributed by atoms with van der Waals surface area (Å²) in [5, 5.41) is 13.5. The van der Waals surface area contributed by atoms with Gasteiger partial charge in [-0.15, -0.1) is 0 Å². The van der Waals surface area contributed by atoms with Crippen LogP contribution in [0.5, 0.6) is 0 Å². The van der Waals surface area contributed by atoms with Crippen molar-refractivity contribution in [1.82, 2.24) is 0 Å². The van der Waals surface area contributed by atoms with Gasteiger partial charge in [-0.05, 0) is 19.8 Å². The average Bonchev–Trinajstić information content (AvgIpc) is 2.13. The van der Waals surface area contributed by atoms with E-state index in [1.165, 1.54) is 6.92 Å². The van der Waals surface area contributed by atoms with E-state index < -0.39 is 32.7 Å². The molecule has 0 aliphatic rings. The molecular weight excluding hydrogens is 286 g/mol. The van der Waals surface area contributed by atoms with E-state index in [4.69, 9.17) is 30.7 Å². The molecule has 0 aromatic carbocycles. The van der Waals surface area contributed by atoms with Crippen molar-refractivity contribution in [2.45, 2.75) is 37.3 Å². The fourth-order valence-corrected chi connectivity index (χ4v) is 3.46. The maximum absolute atomic E-state index is 11.0. The highest BCUT2D eigenvalue weighted by Gasteiger charge is 2.58. The summed E-state index contributed by atoms with van der Waals surface area (Å²) < 4.78 is 22.0. The minimum atomic E-state index is -5.40. The van der Waals surface area contributed by atoms with Crippen LogP contribution < -0.4 is 5.73 Å². The lowest BCUT2D eigenvalue weighted by atomic mass is 10.1. The molecule has 1 unspecified atom stereocenters. The highest BCUT2D eigenvalue weighted by molar-refractivity contribution is 7.72. The third-order valence-corrected chi connectivity index (χ3v) is 6.32. The molecule has 0 fully saturated rings. The Bertz CT molecular complexity index is 377. The van der Waals surface area contributed by atoms with Crippen molar-refractivity contribution in [3.05, 3.63) is 0 Å². The predicted molar refractivity (Wildman–Crippen MR) is 64.3 cm³/mol. The minimum Gasteiger partial charge on any atom is -0.368 e. The van der Waals surface area contributed by atoms with E-state index in [1.54, 1.807) is 0 Å². The highest BCUT2D eigenvalue weighted by atomic mass is 31.2. The van der Waals surface area contributed by atoms with Crippen LogP contribution in [0.1, 0.15) is 26.2 Å². The van der Waals surface area contributed by atoms with Crippen LogP contribution in [0, 0.1) is 5.41 Å². The van der Waals surface area contributed by atoms with Gasteiger partial charge in [-0.2, -0.15) is 0 Å². The summed E-state index contributed by atoms with van der Waals surface area (Å²) in [6.45, 7) is 1.53. The number of hydrogen-bond donors (Lipinski definition) is 7. The summed E-state index contributed by atoms with van der Waals surface area (Å²) in [6.07, 6.45) is -1.01. The van der Waals surface area contributed by atoms with Crippen LogP contribution in [0.4, 0.5) is 0 Å². The zero-order chi connectivity index (χ0) is 14.8. The van der Waals surface area contributed by atoms with Gasteiger partial charge in [0.15, 0.2) is 0 Å². The molecule has 0 aromatic heterocycles. The Hall–Kier alpha value is -0.110. The van der Waals surface area contributed by atoms with Crippen LogP contribution in [-0.2, 0) is 9.13 Å². The first-order chi connectivity index (χ1) is 7.83. The zero-order valence-corrected chi connectivity index (χ0v) is 11.5. The Labute approximate surface area is 104 Å². The molecule has 108 valence electrons. The molecular formula is C7H18N2O7P2. The molecule has 0 aliphatic carbocycles. The molecule has 0 amide bonds. The third-order valence-electron chi connectivity index (χ3n) is 2.44. The van der Waals surface area contributed by atoms with E-state index >= 15 is 0 Å². The normalized spacial score (nSPS) is 15.5. The van der Waals surface area contributed by atoms with E-state index in [1.807, 2.05) is 0 Å². The van der Waals surface area contributed by atoms with Crippen LogP contribution in [0.2, 0.25) is 0 Å². The summed E-state index contributed by atoms with van der Waals surface area (Å²) in [5.41, 5.74) is 5.43. The van der Waals surface area contributed by atoms with Gasteiger partial charge in [0, 0.05) is 18.2 Å². The van der Waals surface area contributed by atoms with E-state index in [9.17, 15) is 14.2 Å². The molecule has 0 saturated heterocycles. The molecule has 1 atom stereocenters. The molecule has 18 heavy (non-hydrogen) atoms. The molecule has 0 bridgehead atoms. The lowest BCUT2D eigenvalue weighted by Crippen LogP contribution is -2.30. The molecule has 8 N–H and O–H groups in total. The number of nitrogens with one attached hydrogen (secondary N) is 1. The Balaban J connectivity index is 4.83. The second-order valence-electron chi connectivity index (χ2n) is 4.03. The first-order valence-corrected chi connectivity index (χ1v) is 8.22. The van der Waals surface area contributed by atoms with Gasteiger partial charge < -0.3 is 35.8 Å². The Morgan fingerprint density at radius 2 is 1.67 bits per heavy atom. The number of aliphatic hydroxyl groups is 1. The quantitative estimate of drug-likeness (QED) is 0.243. The van der Waals surface area contributed by atoms with Gasteiger partial charge in [0.05, 0.1) is 0 Å². The maximum atomic E-state index is 11.0. The fourth-order valence-electron chi connectivity index (χ4n) is 1.20. The standard InChI is InChI=1S/C7H18N2O7P2/c1-5(8)6(9)3-2-4-7(10,17(11,12)13)18(14,15)16/h5,9-10H,2-4,8H2,1H3,(H2,11,12,13)(H2,14,15,16). The molecule has 0 spiro atoms. The van der Waals surface area contributed by atoms with Crippen LogP contribution in [-0.4, -0.2) is 41.5 Å². The molecule has 0 aromatic rings. The summed E-state index contributed by atoms with van der Waals surface area (Å²) in [6, 6.07) is -0.566. The van der Waals surface area contributed by atoms with Gasteiger partial charge in [0.25, 0.3) is 5.08 Å². The average molecular weight is 304 g/mol. The van der Waals surface area contributed by atoms with Crippen LogP contribution in [0.25, 0.3) is 0 Å². The molecule has 0 radical (unpaired) electrons. The monoisotopic (exact) mass is 304 g/mol. The van der Waals surface area contributed by atoms with Gasteiger partial charge in [-0.1, -0.05) is 0 Å². The first kappa shape index (κ1) is 17.9. The molecule has 0 heterocycles. The first-order valence-electron chi connectivity index (χ1n) is 4.99. The van der Waals surface area contributed by atoms with Crippen molar-refractivity contribution in [1.29, 1.82) is 5.41 Å². The van der Waals surface area contributed by atoms with Crippen molar-refractivity contribution in [2.24, 2.45) is 5.73 Å². The summed E-state index contributed by atoms with van der Waals surface area (Å²) in [4.78, 5) is 35.3. The van der Waals surface area contributed by atoms with Crippen LogP contribution >= 0.6 is 15.2 Å². The second-order valence-corrected chi connectivity index (χ2v) is 8.04. The molecule has 11 heteroatoms. The van der Waals surface area contributed by atoms with Crippen molar-refractivity contribution >= 4 is 20.9 Å². The van der Waals surface area contributed by atoms with Gasteiger partial charge in [-0.3, -0.25) is 9.13 Å². The second kappa shape index (κ2) is 5.90. The van der Waals surface area contributed by atoms with E-state index in [0.29, 0.717) is 0 Å². The van der Waals surface area contributed by atoms with E-state index in [0.717, 1.165) is 0 Å². The van der Waals surface area contributed by atoms with Crippen molar-refractivity contribution in [3.63, 3.8) is 0 Å². The van der Waals surface area contributed by atoms with Gasteiger partial charge in [0.1, 0.15) is 0 Å². The fraction of sp³-hybridized carbons (Fsp3) is 0.857. The minimum absolute atomic E-state index is 0.0139. The predicted octanol–water partition coefficient (Wildman–Crippen LogP) is -0.475. The van der Waals surface area contributed by atoms with Crippen molar-refractivity contribution in [2.75, 3.05) is 0 Å². The SMILES string of the molecule is CC(N)C(=N)CCCC(O)(P(=O)(O)O)P(=O)(O)O. The molecule has 9 nitrogen and oxygen atoms in total. The zero-order valence-electron chi connectivity index (χ0n) is 9.72. The highest BCUT2D eigenvalue weighted by Crippen LogP contribution is 2.69. The number of nitrogens with two attached hydrogens (primary N) is 1. The van der Waals surface area contributed by atoms with Crippen molar-refractivity contribution < 1.29 is 33.8 Å². The van der Waals surface area contributed by atoms with E-state index in [2.05, 4.69) is 0 Å². The Kier molecular flexibility index (Phi) is 5.86. The molecule has 0 rings (SSSR count).